The van der Waals surface area contributed by atoms with Gasteiger partial charge in [-0.15, -0.1) is 0 Å². The van der Waals surface area contributed by atoms with Crippen LogP contribution in [0.1, 0.15) is 43.4 Å². The zero-order valence-corrected chi connectivity index (χ0v) is 25.5. The number of ketones is 1. The average Bonchev–Trinajstić information content (AvgIpc) is 2.90. The van der Waals surface area contributed by atoms with E-state index in [1.807, 2.05) is 48.5 Å². The maximum Gasteiger partial charge on any atom is 0.175 e. The minimum atomic E-state index is -3.36. The average molecular weight is 594 g/mol. The number of Topliss-reactive ketones (excluding diaryl/α,β-unsaturated/α-hetero) is 1. The van der Waals surface area contributed by atoms with Gasteiger partial charge in [-0.05, 0) is 72.9 Å². The van der Waals surface area contributed by atoms with Crippen molar-refractivity contribution in [3.8, 4) is 11.1 Å². The molecule has 1 N–H and O–H groups in total. The molecule has 0 saturated heterocycles. The first kappa shape index (κ1) is 30.6. The Morgan fingerprint density at radius 2 is 1.59 bits per heavy atom. The van der Waals surface area contributed by atoms with Crippen molar-refractivity contribution in [3.63, 3.8) is 0 Å². The number of fused-ring (bicyclic) bond motifs is 1. The number of nitrogens with zero attached hydrogens (tertiary/aromatic N) is 1. The molecule has 0 fully saturated rings. The van der Waals surface area contributed by atoms with Crippen LogP contribution in [0.15, 0.2) is 83.9 Å². The molecule has 3 unspecified atom stereocenters. The second-order valence-electron chi connectivity index (χ2n) is 11.1. The summed E-state index contributed by atoms with van der Waals surface area (Å²) in [6.07, 6.45) is 4.51. The first-order chi connectivity index (χ1) is 19.1. The van der Waals surface area contributed by atoms with Gasteiger partial charge in [0.15, 0.2) is 15.6 Å². The van der Waals surface area contributed by atoms with E-state index in [-0.39, 0.29) is 17.1 Å². The minimum absolute atomic E-state index is 0.0710. The van der Waals surface area contributed by atoms with Gasteiger partial charge in [0.25, 0.3) is 0 Å². The van der Waals surface area contributed by atoms with Crippen molar-refractivity contribution in [2.75, 3.05) is 12.5 Å². The maximum absolute atomic E-state index is 13.4. The van der Waals surface area contributed by atoms with Crippen LogP contribution >= 0.6 is 0 Å². The van der Waals surface area contributed by atoms with Crippen LogP contribution in [0.3, 0.4) is 0 Å². The van der Waals surface area contributed by atoms with Crippen LogP contribution in [0.5, 0.6) is 0 Å². The molecule has 0 saturated carbocycles. The van der Waals surface area contributed by atoms with Crippen LogP contribution in [0.4, 0.5) is 0 Å². The monoisotopic (exact) mass is 593 g/mol. The lowest BCUT2D eigenvalue weighted by atomic mass is 9.82. The fraction of sp³-hybridized carbons (Fsp3) is 0.312. The molecule has 9 heteroatoms. The summed E-state index contributed by atoms with van der Waals surface area (Å²) >= 11 is 0. The smallest absolute Gasteiger partial charge is 0.175 e. The summed E-state index contributed by atoms with van der Waals surface area (Å²) < 4.78 is 47.7. The van der Waals surface area contributed by atoms with E-state index in [0.717, 1.165) is 39.4 Å². The predicted octanol–water partition coefficient (Wildman–Crippen LogP) is 4.95. The summed E-state index contributed by atoms with van der Waals surface area (Å²) in [6, 6.07) is 21.4. The molecule has 216 valence electrons. The molecule has 41 heavy (non-hydrogen) atoms. The van der Waals surface area contributed by atoms with E-state index in [1.54, 1.807) is 32.2 Å². The SMILES string of the molecule is CC(C(=O)C(C)(O)Cc1cccc(-c2cc(CC(C)S(C)(=O)=O)cc3cccnc23)c1)c1ccc(S(C)(=O)=O)cc1. The van der Waals surface area contributed by atoms with Crippen molar-refractivity contribution in [2.45, 2.75) is 55.3 Å². The Kier molecular flexibility index (Phi) is 8.55. The molecule has 0 aliphatic carbocycles. The Balaban J connectivity index is 1.63. The van der Waals surface area contributed by atoms with Gasteiger partial charge >= 0.3 is 0 Å². The van der Waals surface area contributed by atoms with Crippen LogP contribution in [-0.4, -0.2) is 56.1 Å². The highest BCUT2D eigenvalue weighted by molar-refractivity contribution is 7.91. The molecule has 0 aliphatic rings. The molecule has 1 heterocycles. The van der Waals surface area contributed by atoms with E-state index >= 15 is 0 Å². The molecule has 3 aromatic carbocycles. The summed E-state index contributed by atoms with van der Waals surface area (Å²) in [5, 5.41) is 11.6. The molecule has 7 nitrogen and oxygen atoms in total. The van der Waals surface area contributed by atoms with E-state index in [1.165, 1.54) is 25.3 Å². The lowest BCUT2D eigenvalue weighted by molar-refractivity contribution is -0.136. The van der Waals surface area contributed by atoms with E-state index < -0.39 is 36.4 Å². The third kappa shape index (κ3) is 7.09. The highest BCUT2D eigenvalue weighted by Crippen LogP contribution is 2.32. The second kappa shape index (κ2) is 11.5. The third-order valence-corrected chi connectivity index (χ3v) is 10.3. The predicted molar refractivity (Wildman–Crippen MR) is 162 cm³/mol. The highest BCUT2D eigenvalue weighted by Gasteiger charge is 2.35. The standard InChI is InChI=1S/C32H35NO6S2/c1-21(40(4,36)37)16-24-18-27-10-7-15-33-30(27)29(19-24)26-9-6-8-23(17-26)20-32(3,35)31(34)22(2)25-11-13-28(14-12-25)41(5,38)39/h6-15,17-19,21-22,35H,16,20H2,1-5H3. The number of aliphatic hydroxyl groups is 1. The maximum atomic E-state index is 13.4. The second-order valence-corrected chi connectivity index (χ2v) is 15.6. The summed E-state index contributed by atoms with van der Waals surface area (Å²) in [5.41, 5.74) is 3.02. The van der Waals surface area contributed by atoms with Crippen LogP contribution in [0.25, 0.3) is 22.0 Å². The van der Waals surface area contributed by atoms with Crippen LogP contribution in [-0.2, 0) is 37.3 Å². The van der Waals surface area contributed by atoms with Gasteiger partial charge in [-0.25, -0.2) is 16.8 Å². The summed E-state index contributed by atoms with van der Waals surface area (Å²) in [4.78, 5) is 18.1. The number of hydrogen-bond acceptors (Lipinski definition) is 7. The Morgan fingerprint density at radius 3 is 2.22 bits per heavy atom. The third-order valence-electron chi connectivity index (χ3n) is 7.54. The fourth-order valence-electron chi connectivity index (χ4n) is 5.03. The molecule has 0 spiro atoms. The number of hydrogen-bond donors (Lipinski definition) is 1. The minimum Gasteiger partial charge on any atom is -0.382 e. The first-order valence-corrected chi connectivity index (χ1v) is 17.1. The van der Waals surface area contributed by atoms with Crippen LogP contribution < -0.4 is 0 Å². The zero-order valence-electron chi connectivity index (χ0n) is 23.8. The summed E-state index contributed by atoms with van der Waals surface area (Å²) in [7, 11) is -6.56. The number of sulfone groups is 2. The lowest BCUT2D eigenvalue weighted by Gasteiger charge is -2.26. The van der Waals surface area contributed by atoms with Gasteiger partial charge in [-0.3, -0.25) is 9.78 Å². The molecule has 0 aliphatic heterocycles. The van der Waals surface area contributed by atoms with Gasteiger partial charge in [0.2, 0.25) is 0 Å². The van der Waals surface area contributed by atoms with Gasteiger partial charge < -0.3 is 5.11 Å². The lowest BCUT2D eigenvalue weighted by Crippen LogP contribution is -2.40. The number of aromatic nitrogens is 1. The molecule has 0 radical (unpaired) electrons. The normalized spacial score (nSPS) is 15.3. The van der Waals surface area contributed by atoms with Crippen LogP contribution in [0, 0.1) is 0 Å². The molecule has 0 bridgehead atoms. The molecule has 4 aromatic rings. The molecule has 3 atom stereocenters. The zero-order chi connectivity index (χ0) is 30.2. The quantitative estimate of drug-likeness (QED) is 0.276. The molecule has 0 amide bonds. The van der Waals surface area contributed by atoms with Gasteiger partial charge in [0, 0.05) is 42.0 Å². The van der Waals surface area contributed by atoms with E-state index in [4.69, 9.17) is 0 Å². The molecular weight excluding hydrogens is 558 g/mol. The molecule has 1 aromatic heterocycles. The van der Waals surface area contributed by atoms with Gasteiger partial charge in [-0.2, -0.15) is 0 Å². The van der Waals surface area contributed by atoms with Crippen molar-refractivity contribution in [1.82, 2.24) is 4.98 Å². The highest BCUT2D eigenvalue weighted by atomic mass is 32.2. The summed E-state index contributed by atoms with van der Waals surface area (Å²) in [6.45, 7) is 4.89. The van der Waals surface area contributed by atoms with E-state index in [2.05, 4.69) is 4.98 Å². The molecular formula is C32H35NO6S2. The van der Waals surface area contributed by atoms with Crippen molar-refractivity contribution in [3.05, 3.63) is 95.7 Å². The Hall–Kier alpha value is -3.40. The van der Waals surface area contributed by atoms with Crippen molar-refractivity contribution in [1.29, 1.82) is 0 Å². The number of carbonyl (C=O) groups excluding carboxylic acids is 1. The number of benzene rings is 3. The van der Waals surface area contributed by atoms with E-state index in [9.17, 15) is 26.7 Å². The summed E-state index contributed by atoms with van der Waals surface area (Å²) in [5.74, 6) is -1.03. The van der Waals surface area contributed by atoms with E-state index in [0.29, 0.717) is 12.0 Å². The number of pyridine rings is 1. The van der Waals surface area contributed by atoms with Crippen molar-refractivity contribution < 1.29 is 26.7 Å². The Morgan fingerprint density at radius 1 is 0.902 bits per heavy atom. The van der Waals surface area contributed by atoms with Gasteiger partial charge in [-0.1, -0.05) is 49.4 Å². The van der Waals surface area contributed by atoms with Gasteiger partial charge in [0.05, 0.1) is 15.7 Å². The molecule has 4 rings (SSSR count). The Bertz CT molecular complexity index is 1810. The first-order valence-electron chi connectivity index (χ1n) is 13.3. The Labute approximate surface area is 242 Å². The fourth-order valence-corrected chi connectivity index (χ4v) is 6.16. The number of rotatable bonds is 10. The van der Waals surface area contributed by atoms with Gasteiger partial charge in [0.1, 0.15) is 15.4 Å². The van der Waals surface area contributed by atoms with Crippen molar-refractivity contribution >= 4 is 36.4 Å². The van der Waals surface area contributed by atoms with Crippen molar-refractivity contribution in [2.24, 2.45) is 0 Å². The topological polar surface area (TPSA) is 118 Å². The largest absolute Gasteiger partial charge is 0.382 e. The van der Waals surface area contributed by atoms with Crippen LogP contribution in [0.2, 0.25) is 0 Å². The number of carbonyl (C=O) groups is 1.